The molecule has 0 fully saturated rings. The summed E-state index contributed by atoms with van der Waals surface area (Å²) >= 11 is 1.36. The summed E-state index contributed by atoms with van der Waals surface area (Å²) in [7, 11) is 0. The molecular weight excluding hydrogens is 280 g/mol. The fourth-order valence-electron chi connectivity index (χ4n) is 1.71. The van der Waals surface area contributed by atoms with Crippen LogP contribution >= 0.6 is 11.5 Å². The number of carboxylic acid groups (broad SMARTS) is 1. The molecule has 2 N–H and O–H groups in total. The topological polar surface area (TPSA) is 105 Å². The molecule has 102 valence electrons. The molecule has 20 heavy (non-hydrogen) atoms. The summed E-state index contributed by atoms with van der Waals surface area (Å²) in [6.45, 7) is 1.97. The van der Waals surface area contributed by atoms with Gasteiger partial charge in [-0.15, -0.1) is 10.2 Å². The van der Waals surface area contributed by atoms with Crippen molar-refractivity contribution in [1.29, 1.82) is 0 Å². The number of aryl methyl sites for hydroxylation is 1. The van der Waals surface area contributed by atoms with Gasteiger partial charge in [-0.3, -0.25) is 0 Å². The lowest BCUT2D eigenvalue weighted by Gasteiger charge is -2.01. The lowest BCUT2D eigenvalue weighted by molar-refractivity contribution is 0.193. The van der Waals surface area contributed by atoms with Gasteiger partial charge in [-0.1, -0.05) is 0 Å². The molecule has 3 rings (SSSR count). The highest BCUT2D eigenvalue weighted by molar-refractivity contribution is 7.09. The van der Waals surface area contributed by atoms with Crippen LogP contribution < -0.4 is 5.32 Å². The van der Waals surface area contributed by atoms with Gasteiger partial charge in [-0.25, -0.2) is 4.79 Å². The number of rotatable bonds is 3. The first-order valence-electron chi connectivity index (χ1n) is 5.75. The Kier molecular flexibility index (Phi) is 3.03. The molecular formula is C11H10N6O2S. The number of amides is 1. The van der Waals surface area contributed by atoms with Crippen LogP contribution in [0.3, 0.4) is 0 Å². The smallest absolute Gasteiger partial charge is 0.405 e. The second-order valence-corrected chi connectivity index (χ2v) is 4.90. The van der Waals surface area contributed by atoms with Gasteiger partial charge < -0.3 is 10.4 Å². The van der Waals surface area contributed by atoms with Crippen LogP contribution in [-0.4, -0.2) is 35.4 Å². The van der Waals surface area contributed by atoms with Crippen LogP contribution in [0.5, 0.6) is 0 Å². The number of fused-ring (bicyclic) bond motifs is 1. The summed E-state index contributed by atoms with van der Waals surface area (Å²) in [6, 6.07) is 5.57. The molecule has 8 nitrogen and oxygen atoms in total. The molecule has 0 aromatic carbocycles. The number of hydrogen-bond donors (Lipinski definition) is 2. The molecule has 0 spiro atoms. The Hall–Kier alpha value is -2.55. The fraction of sp³-hybridized carbons (Fsp3) is 0.182. The lowest BCUT2D eigenvalue weighted by Crippen LogP contribution is -2.21. The van der Waals surface area contributed by atoms with E-state index in [2.05, 4.69) is 25.0 Å². The molecule has 0 radical (unpaired) electrons. The second kappa shape index (κ2) is 4.85. The van der Waals surface area contributed by atoms with E-state index in [-0.39, 0.29) is 6.54 Å². The van der Waals surface area contributed by atoms with Gasteiger partial charge in [0.25, 0.3) is 0 Å². The van der Waals surface area contributed by atoms with E-state index in [9.17, 15) is 4.79 Å². The van der Waals surface area contributed by atoms with Crippen LogP contribution in [0.2, 0.25) is 0 Å². The monoisotopic (exact) mass is 290 g/mol. The number of aromatic nitrogens is 5. The maximum atomic E-state index is 10.5. The standard InChI is InChI=1S/C11H10N6O2S/c1-6-4-8(20-16-6)7-2-3-9-13-14-10(17(9)15-7)5-12-11(18)19/h2-4,12H,5H2,1H3,(H,18,19). The molecule has 1 amide bonds. The average molecular weight is 290 g/mol. The first-order chi connectivity index (χ1) is 9.63. The summed E-state index contributed by atoms with van der Waals surface area (Å²) in [5.41, 5.74) is 2.25. The van der Waals surface area contributed by atoms with E-state index >= 15 is 0 Å². The van der Waals surface area contributed by atoms with Crippen molar-refractivity contribution < 1.29 is 9.90 Å². The minimum absolute atomic E-state index is 0.0503. The predicted molar refractivity (Wildman–Crippen MR) is 71.5 cm³/mol. The van der Waals surface area contributed by atoms with Crippen molar-refractivity contribution >= 4 is 23.3 Å². The van der Waals surface area contributed by atoms with Crippen LogP contribution in [0.1, 0.15) is 11.5 Å². The summed E-state index contributed by atoms with van der Waals surface area (Å²) in [4.78, 5) is 11.5. The van der Waals surface area contributed by atoms with Crippen molar-refractivity contribution in [2.24, 2.45) is 0 Å². The lowest BCUT2D eigenvalue weighted by atomic mass is 10.3. The van der Waals surface area contributed by atoms with E-state index in [1.54, 1.807) is 6.07 Å². The van der Waals surface area contributed by atoms with Crippen LogP contribution in [0.4, 0.5) is 4.79 Å². The van der Waals surface area contributed by atoms with E-state index in [0.717, 1.165) is 16.3 Å². The van der Waals surface area contributed by atoms with E-state index in [1.165, 1.54) is 16.0 Å². The Morgan fingerprint density at radius 1 is 1.45 bits per heavy atom. The number of carbonyl (C=O) groups is 1. The van der Waals surface area contributed by atoms with Crippen LogP contribution in [0.15, 0.2) is 18.2 Å². The van der Waals surface area contributed by atoms with Gasteiger partial charge in [-0.2, -0.15) is 14.0 Å². The third kappa shape index (κ3) is 2.30. The quantitative estimate of drug-likeness (QED) is 0.753. The minimum Gasteiger partial charge on any atom is -0.465 e. The van der Waals surface area contributed by atoms with Crippen LogP contribution in [-0.2, 0) is 6.54 Å². The minimum atomic E-state index is -1.11. The Labute approximate surface area is 117 Å². The highest BCUT2D eigenvalue weighted by atomic mass is 32.1. The molecule has 0 atom stereocenters. The number of nitrogens with one attached hydrogen (secondary N) is 1. The fourth-order valence-corrected chi connectivity index (χ4v) is 2.43. The van der Waals surface area contributed by atoms with Crippen molar-refractivity contribution in [3.8, 4) is 10.6 Å². The zero-order valence-corrected chi connectivity index (χ0v) is 11.3. The largest absolute Gasteiger partial charge is 0.465 e. The molecule has 3 aromatic rings. The Bertz CT molecular complexity index is 780. The van der Waals surface area contributed by atoms with Gasteiger partial charge >= 0.3 is 6.09 Å². The zero-order valence-electron chi connectivity index (χ0n) is 10.4. The van der Waals surface area contributed by atoms with Gasteiger partial charge in [0.2, 0.25) is 0 Å². The van der Waals surface area contributed by atoms with Gasteiger partial charge in [0.1, 0.15) is 5.69 Å². The van der Waals surface area contributed by atoms with Gasteiger partial charge in [-0.05, 0) is 36.7 Å². The molecule has 0 aliphatic heterocycles. The Balaban J connectivity index is 2.00. The summed E-state index contributed by atoms with van der Waals surface area (Å²) in [6.07, 6.45) is -1.11. The van der Waals surface area contributed by atoms with Crippen molar-refractivity contribution in [2.75, 3.05) is 0 Å². The van der Waals surface area contributed by atoms with Crippen molar-refractivity contribution in [3.05, 3.63) is 29.7 Å². The molecule has 0 aliphatic rings. The van der Waals surface area contributed by atoms with E-state index in [0.29, 0.717) is 11.5 Å². The number of nitrogens with zero attached hydrogens (tertiary/aromatic N) is 5. The summed E-state index contributed by atoms with van der Waals surface area (Å²) < 4.78 is 5.74. The third-order valence-corrected chi connectivity index (χ3v) is 3.51. The molecule has 0 saturated carbocycles. The highest BCUT2D eigenvalue weighted by Gasteiger charge is 2.10. The maximum absolute atomic E-state index is 10.5. The molecule has 0 bridgehead atoms. The predicted octanol–water partition coefficient (Wildman–Crippen LogP) is 1.32. The molecule has 3 heterocycles. The SMILES string of the molecule is Cc1cc(-c2ccc3nnc(CNC(=O)O)n3n2)sn1. The molecule has 0 unspecified atom stereocenters. The average Bonchev–Trinajstić information content (AvgIpc) is 3.02. The van der Waals surface area contributed by atoms with E-state index in [1.807, 2.05) is 19.1 Å². The van der Waals surface area contributed by atoms with E-state index in [4.69, 9.17) is 5.11 Å². The van der Waals surface area contributed by atoms with Crippen molar-refractivity contribution in [2.45, 2.75) is 13.5 Å². The van der Waals surface area contributed by atoms with Crippen LogP contribution in [0.25, 0.3) is 16.2 Å². The van der Waals surface area contributed by atoms with Crippen LogP contribution in [0, 0.1) is 6.92 Å². The molecule has 0 saturated heterocycles. The summed E-state index contributed by atoms with van der Waals surface area (Å²) in [5.74, 6) is 0.436. The molecule has 9 heteroatoms. The summed E-state index contributed by atoms with van der Waals surface area (Å²) in [5, 5.41) is 23.2. The maximum Gasteiger partial charge on any atom is 0.405 e. The van der Waals surface area contributed by atoms with Gasteiger partial charge in [0.15, 0.2) is 11.5 Å². The first kappa shape index (κ1) is 12.5. The van der Waals surface area contributed by atoms with E-state index < -0.39 is 6.09 Å². The van der Waals surface area contributed by atoms with Gasteiger partial charge in [0.05, 0.1) is 17.1 Å². The molecule has 3 aromatic heterocycles. The Morgan fingerprint density at radius 2 is 2.30 bits per heavy atom. The highest BCUT2D eigenvalue weighted by Crippen LogP contribution is 2.22. The van der Waals surface area contributed by atoms with Gasteiger partial charge in [0, 0.05) is 0 Å². The van der Waals surface area contributed by atoms with Crippen molar-refractivity contribution in [1.82, 2.24) is 29.5 Å². The number of hydrogen-bond acceptors (Lipinski definition) is 6. The van der Waals surface area contributed by atoms with Crippen molar-refractivity contribution in [3.63, 3.8) is 0 Å². The third-order valence-electron chi connectivity index (χ3n) is 2.61. The normalized spacial score (nSPS) is 10.8. The molecule has 0 aliphatic carbocycles. The zero-order chi connectivity index (χ0) is 14.1. The second-order valence-electron chi connectivity index (χ2n) is 4.10. The first-order valence-corrected chi connectivity index (χ1v) is 6.52. The Morgan fingerprint density at radius 3 is 3.00 bits per heavy atom.